The van der Waals surface area contributed by atoms with Crippen LogP contribution in [0, 0.1) is 13.8 Å². The summed E-state index contributed by atoms with van der Waals surface area (Å²) in [4.78, 5) is 13.8. The van der Waals surface area contributed by atoms with E-state index in [4.69, 9.17) is 23.2 Å². The molecule has 0 radical (unpaired) electrons. The van der Waals surface area contributed by atoms with Gasteiger partial charge < -0.3 is 0 Å². The predicted molar refractivity (Wildman–Crippen MR) is 90.2 cm³/mol. The number of amides is 1. The molecular formula is C15H14Cl2N2O3S. The Morgan fingerprint density at radius 1 is 1.09 bits per heavy atom. The third-order valence-electron chi connectivity index (χ3n) is 3.19. The maximum absolute atomic E-state index is 12.4. The summed E-state index contributed by atoms with van der Waals surface area (Å²) < 4.78 is 24.9. The van der Waals surface area contributed by atoms with Crippen LogP contribution in [-0.2, 0) is 10.0 Å². The molecule has 0 heterocycles. The van der Waals surface area contributed by atoms with Gasteiger partial charge in [0.05, 0.1) is 5.02 Å². The summed E-state index contributed by atoms with van der Waals surface area (Å²) in [5.74, 6) is -0.582. The summed E-state index contributed by atoms with van der Waals surface area (Å²) in [5.41, 5.74) is 3.31. The zero-order chi connectivity index (χ0) is 17.2. The first-order valence-corrected chi connectivity index (χ1v) is 8.80. The molecule has 0 fully saturated rings. The third-order valence-corrected chi connectivity index (χ3v) is 5.60. The molecule has 0 atom stereocenters. The lowest BCUT2D eigenvalue weighted by atomic mass is 10.2. The molecule has 8 heteroatoms. The third kappa shape index (κ3) is 3.84. The molecule has 0 spiro atoms. The van der Waals surface area contributed by atoms with Crippen LogP contribution in [0.1, 0.15) is 21.5 Å². The Morgan fingerprint density at radius 3 is 2.30 bits per heavy atom. The number of hydrogen-bond acceptors (Lipinski definition) is 3. The highest BCUT2D eigenvalue weighted by Gasteiger charge is 2.24. The standard InChI is InChI=1S/C15H14Cl2N2O3S/c1-9-8-12(16)10(2)14(13(9)17)23(21,22)19-18-15(20)11-6-4-3-5-7-11/h3-8,19H,1-2H3,(H,18,20). The van der Waals surface area contributed by atoms with E-state index >= 15 is 0 Å². The van der Waals surface area contributed by atoms with Gasteiger partial charge in [0.2, 0.25) is 0 Å². The molecule has 122 valence electrons. The first kappa shape index (κ1) is 17.7. The summed E-state index contributed by atoms with van der Waals surface area (Å²) in [5, 5.41) is 0.343. The molecule has 2 aromatic rings. The number of carbonyl (C=O) groups excluding carboxylic acids is 1. The monoisotopic (exact) mass is 372 g/mol. The van der Waals surface area contributed by atoms with E-state index < -0.39 is 15.9 Å². The van der Waals surface area contributed by atoms with Crippen molar-refractivity contribution in [3.63, 3.8) is 0 Å². The van der Waals surface area contributed by atoms with Crippen LogP contribution in [0.3, 0.4) is 0 Å². The fourth-order valence-corrected chi connectivity index (χ4v) is 4.01. The molecule has 23 heavy (non-hydrogen) atoms. The van der Waals surface area contributed by atoms with Gasteiger partial charge in [-0.05, 0) is 43.2 Å². The molecule has 0 saturated heterocycles. The molecule has 0 saturated carbocycles. The lowest BCUT2D eigenvalue weighted by molar-refractivity contribution is 0.0945. The van der Waals surface area contributed by atoms with Gasteiger partial charge in [0.25, 0.3) is 15.9 Å². The Morgan fingerprint density at radius 2 is 1.70 bits per heavy atom. The molecule has 1 amide bonds. The lowest BCUT2D eigenvalue weighted by Gasteiger charge is -2.14. The number of sulfonamides is 1. The number of carbonyl (C=O) groups is 1. The van der Waals surface area contributed by atoms with Gasteiger partial charge >= 0.3 is 0 Å². The lowest BCUT2D eigenvalue weighted by Crippen LogP contribution is -2.41. The highest BCUT2D eigenvalue weighted by molar-refractivity contribution is 7.89. The smallest absolute Gasteiger partial charge is 0.266 e. The van der Waals surface area contributed by atoms with Crippen LogP contribution in [0.5, 0.6) is 0 Å². The van der Waals surface area contributed by atoms with E-state index in [-0.39, 0.29) is 14.9 Å². The number of rotatable bonds is 4. The molecule has 0 aliphatic rings. The van der Waals surface area contributed by atoms with Crippen LogP contribution in [0.25, 0.3) is 0 Å². The summed E-state index contributed by atoms with van der Waals surface area (Å²) in [6, 6.07) is 9.80. The second kappa shape index (κ2) is 6.88. The Labute approximate surface area is 144 Å². The number of nitrogens with one attached hydrogen (secondary N) is 2. The van der Waals surface area contributed by atoms with Crippen LogP contribution in [0.15, 0.2) is 41.3 Å². The highest BCUT2D eigenvalue weighted by atomic mass is 35.5. The topological polar surface area (TPSA) is 75.3 Å². The molecule has 5 nitrogen and oxygen atoms in total. The number of hydrazine groups is 1. The van der Waals surface area contributed by atoms with Gasteiger partial charge in [0.1, 0.15) is 4.90 Å². The van der Waals surface area contributed by atoms with Gasteiger partial charge in [-0.1, -0.05) is 41.4 Å². The summed E-state index contributed by atoms with van der Waals surface area (Å²) in [6.45, 7) is 3.19. The Hall–Kier alpha value is -1.60. The van der Waals surface area contributed by atoms with Crippen molar-refractivity contribution in [2.24, 2.45) is 0 Å². The molecule has 2 N–H and O–H groups in total. The van der Waals surface area contributed by atoms with Gasteiger partial charge in [-0.3, -0.25) is 10.2 Å². The zero-order valence-corrected chi connectivity index (χ0v) is 14.7. The van der Waals surface area contributed by atoms with Gasteiger partial charge in [-0.2, -0.15) is 0 Å². The molecule has 0 aliphatic heterocycles. The van der Waals surface area contributed by atoms with E-state index in [2.05, 4.69) is 5.43 Å². The van der Waals surface area contributed by atoms with E-state index in [9.17, 15) is 13.2 Å². The van der Waals surface area contributed by atoms with Crippen molar-refractivity contribution in [2.45, 2.75) is 18.7 Å². The summed E-state index contributed by atoms with van der Waals surface area (Å²) in [6.07, 6.45) is 0. The van der Waals surface area contributed by atoms with E-state index in [1.165, 1.54) is 0 Å². The number of halogens is 2. The van der Waals surface area contributed by atoms with E-state index in [0.717, 1.165) is 0 Å². The minimum Gasteiger partial charge on any atom is -0.273 e. The van der Waals surface area contributed by atoms with Gasteiger partial charge in [-0.15, -0.1) is 4.83 Å². The summed E-state index contributed by atoms with van der Waals surface area (Å²) in [7, 11) is -4.07. The second-order valence-electron chi connectivity index (χ2n) is 4.87. The van der Waals surface area contributed by atoms with Gasteiger partial charge in [0, 0.05) is 10.6 Å². The maximum atomic E-state index is 12.4. The Kier molecular flexibility index (Phi) is 5.31. The van der Waals surface area contributed by atoms with Crippen LogP contribution >= 0.6 is 23.2 Å². The highest BCUT2D eigenvalue weighted by Crippen LogP contribution is 2.33. The van der Waals surface area contributed by atoms with Crippen LogP contribution in [0.2, 0.25) is 10.0 Å². The van der Waals surface area contributed by atoms with Crippen molar-refractivity contribution >= 4 is 39.1 Å². The predicted octanol–water partition coefficient (Wildman–Crippen LogP) is 3.23. The van der Waals surface area contributed by atoms with E-state index in [1.54, 1.807) is 50.2 Å². The molecular weight excluding hydrogens is 359 g/mol. The quantitative estimate of drug-likeness (QED) is 0.808. The number of aryl methyl sites for hydroxylation is 1. The summed E-state index contributed by atoms with van der Waals surface area (Å²) >= 11 is 12.1. The molecule has 2 aromatic carbocycles. The van der Waals surface area contributed by atoms with Crippen LogP contribution in [-0.4, -0.2) is 14.3 Å². The molecule has 0 aromatic heterocycles. The molecule has 2 rings (SSSR count). The van der Waals surface area contributed by atoms with Crippen molar-refractivity contribution in [2.75, 3.05) is 0 Å². The minimum absolute atomic E-state index is 0.0633. The van der Waals surface area contributed by atoms with Crippen LogP contribution < -0.4 is 10.3 Å². The molecule has 0 aliphatic carbocycles. The maximum Gasteiger partial charge on any atom is 0.266 e. The largest absolute Gasteiger partial charge is 0.273 e. The average molecular weight is 373 g/mol. The zero-order valence-electron chi connectivity index (χ0n) is 12.4. The normalized spacial score (nSPS) is 11.3. The van der Waals surface area contributed by atoms with E-state index in [1.807, 2.05) is 4.83 Å². The van der Waals surface area contributed by atoms with Crippen molar-refractivity contribution < 1.29 is 13.2 Å². The SMILES string of the molecule is Cc1cc(Cl)c(C)c(S(=O)(=O)NNC(=O)c2ccccc2)c1Cl. The van der Waals surface area contributed by atoms with Gasteiger partial charge in [0.15, 0.2) is 0 Å². The second-order valence-corrected chi connectivity index (χ2v) is 7.27. The van der Waals surface area contributed by atoms with Crippen molar-refractivity contribution in [3.8, 4) is 0 Å². The molecule has 0 bridgehead atoms. The Bertz CT molecular complexity index is 827. The van der Waals surface area contributed by atoms with Crippen molar-refractivity contribution in [1.82, 2.24) is 10.3 Å². The first-order chi connectivity index (χ1) is 10.7. The van der Waals surface area contributed by atoms with Gasteiger partial charge in [-0.25, -0.2) is 8.42 Å². The van der Waals surface area contributed by atoms with E-state index in [0.29, 0.717) is 16.7 Å². The number of benzene rings is 2. The first-order valence-electron chi connectivity index (χ1n) is 6.56. The van der Waals surface area contributed by atoms with Crippen LogP contribution in [0.4, 0.5) is 0 Å². The average Bonchev–Trinajstić information content (AvgIpc) is 2.51. The number of hydrogen-bond donors (Lipinski definition) is 2. The Balaban J connectivity index is 2.29. The molecule has 0 unspecified atom stereocenters. The fraction of sp³-hybridized carbons (Fsp3) is 0.133. The minimum atomic E-state index is -4.07. The van der Waals surface area contributed by atoms with Crippen molar-refractivity contribution in [1.29, 1.82) is 0 Å². The van der Waals surface area contributed by atoms with Crippen molar-refractivity contribution in [3.05, 3.63) is 63.1 Å². The fourth-order valence-electron chi connectivity index (χ4n) is 1.96.